The molecule has 0 saturated carbocycles. The van der Waals surface area contributed by atoms with Crippen molar-refractivity contribution in [2.45, 2.75) is 20.0 Å². The third-order valence-corrected chi connectivity index (χ3v) is 1.72. The van der Waals surface area contributed by atoms with E-state index >= 15 is 0 Å². The molecule has 0 fully saturated rings. The van der Waals surface area contributed by atoms with E-state index < -0.39 is 11.6 Å². The van der Waals surface area contributed by atoms with Gasteiger partial charge in [-0.05, 0) is 19.0 Å². The van der Waals surface area contributed by atoms with Gasteiger partial charge in [-0.2, -0.15) is 10.4 Å². The topological polar surface area (TPSA) is 83.9 Å². The molecular weight excluding hydrogens is 170 g/mol. The molecule has 0 spiro atoms. The summed E-state index contributed by atoms with van der Waals surface area (Å²) < 4.78 is 1.27. The summed E-state index contributed by atoms with van der Waals surface area (Å²) in [4.78, 5) is 14.2. The molecule has 6 nitrogen and oxygen atoms in total. The molecule has 1 heterocycles. The van der Waals surface area contributed by atoms with Gasteiger partial charge in [-0.1, -0.05) is 0 Å². The first-order chi connectivity index (χ1) is 6.11. The van der Waals surface area contributed by atoms with Crippen molar-refractivity contribution in [2.24, 2.45) is 10.6 Å². The van der Waals surface area contributed by atoms with Crippen LogP contribution in [0.25, 0.3) is 0 Å². The second-order valence-electron chi connectivity index (χ2n) is 3.19. The van der Waals surface area contributed by atoms with E-state index in [0.29, 0.717) is 0 Å². The zero-order valence-corrected chi connectivity index (χ0v) is 7.38. The summed E-state index contributed by atoms with van der Waals surface area (Å²) in [6, 6.07) is 2.00. The Labute approximate surface area is 75.2 Å². The molecule has 0 N–H and O–H groups in total. The smallest absolute Gasteiger partial charge is 0.202 e. The Morgan fingerprint density at radius 3 is 2.77 bits per heavy atom. The number of rotatable bonds is 3. The molecule has 0 amide bonds. The maximum Gasteiger partial charge on any atom is 0.202 e. The average Bonchev–Trinajstić information content (AvgIpc) is 2.58. The van der Waals surface area contributed by atoms with Crippen LogP contribution in [0.1, 0.15) is 20.0 Å². The molecule has 1 atom stereocenters. The van der Waals surface area contributed by atoms with Gasteiger partial charge in [0.25, 0.3) is 0 Å². The summed E-state index contributed by atoms with van der Waals surface area (Å²) in [7, 11) is 0. The van der Waals surface area contributed by atoms with E-state index in [1.807, 2.05) is 6.07 Å². The van der Waals surface area contributed by atoms with E-state index in [9.17, 15) is 4.91 Å². The minimum Gasteiger partial charge on any atom is -0.223 e. The van der Waals surface area contributed by atoms with Gasteiger partial charge < -0.3 is 0 Å². The van der Waals surface area contributed by atoms with E-state index in [1.165, 1.54) is 17.3 Å². The molecule has 68 valence electrons. The molecule has 13 heavy (non-hydrogen) atoms. The molecule has 0 aliphatic heterocycles. The maximum atomic E-state index is 10.5. The third-order valence-electron chi connectivity index (χ3n) is 1.72. The first kappa shape index (κ1) is 9.32. The van der Waals surface area contributed by atoms with Crippen LogP contribution in [0, 0.1) is 21.7 Å². The zero-order chi connectivity index (χ0) is 9.90. The fourth-order valence-electron chi connectivity index (χ4n) is 0.912. The molecule has 0 aliphatic carbocycles. The van der Waals surface area contributed by atoms with Gasteiger partial charge in [0.15, 0.2) is 0 Å². The van der Waals surface area contributed by atoms with Crippen LogP contribution in [0.5, 0.6) is 0 Å². The predicted octanol–water partition coefficient (Wildman–Crippen LogP) is 1.09. The molecule has 0 aliphatic rings. The molecule has 0 aromatic carbocycles. The normalized spacial score (nSPS) is 13.3. The number of nitriles is 1. The number of nitrogens with zero attached hydrogens (tertiary/aromatic N) is 5. The van der Waals surface area contributed by atoms with Crippen molar-refractivity contribution < 1.29 is 0 Å². The second-order valence-corrected chi connectivity index (χ2v) is 3.19. The molecule has 1 aromatic rings. The monoisotopic (exact) mass is 179 g/mol. The number of nitroso groups, excluding NO2 is 1. The summed E-state index contributed by atoms with van der Waals surface area (Å²) >= 11 is 0. The van der Waals surface area contributed by atoms with Crippen LogP contribution >= 0.6 is 0 Å². The van der Waals surface area contributed by atoms with Crippen molar-refractivity contribution in [3.63, 3.8) is 0 Å². The van der Waals surface area contributed by atoms with Gasteiger partial charge >= 0.3 is 0 Å². The Kier molecular flexibility index (Phi) is 2.37. The Hall–Kier alpha value is -1.77. The second kappa shape index (κ2) is 3.31. The highest BCUT2D eigenvalue weighted by molar-refractivity contribution is 4.98. The number of aromatic nitrogens is 3. The van der Waals surface area contributed by atoms with E-state index in [0.717, 1.165) is 0 Å². The Morgan fingerprint density at radius 2 is 2.38 bits per heavy atom. The molecule has 1 rings (SSSR count). The molecule has 0 saturated heterocycles. The van der Waals surface area contributed by atoms with E-state index in [1.54, 1.807) is 13.8 Å². The minimum absolute atomic E-state index is 0.833. The largest absolute Gasteiger partial charge is 0.223 e. The molecule has 0 radical (unpaired) electrons. The quantitative estimate of drug-likeness (QED) is 0.650. The lowest BCUT2D eigenvalue weighted by Gasteiger charge is -2.20. The molecule has 6 heteroatoms. The van der Waals surface area contributed by atoms with Gasteiger partial charge in [0.2, 0.25) is 6.17 Å². The van der Waals surface area contributed by atoms with Crippen molar-refractivity contribution in [3.05, 3.63) is 17.6 Å². The SMILES string of the molecule is CC(C)(C#N)C(N=O)n1cncn1. The van der Waals surface area contributed by atoms with Crippen molar-refractivity contribution in [1.29, 1.82) is 5.26 Å². The van der Waals surface area contributed by atoms with Crippen LogP contribution in [-0.2, 0) is 0 Å². The number of hydrogen-bond acceptors (Lipinski definition) is 5. The summed E-state index contributed by atoms with van der Waals surface area (Å²) in [5.74, 6) is 0. The average molecular weight is 179 g/mol. The molecule has 1 aromatic heterocycles. The van der Waals surface area contributed by atoms with Gasteiger partial charge in [-0.15, -0.1) is 4.91 Å². The Balaban J connectivity index is 3.01. The Morgan fingerprint density at radius 1 is 1.69 bits per heavy atom. The highest BCUT2D eigenvalue weighted by Crippen LogP contribution is 2.30. The van der Waals surface area contributed by atoms with E-state index in [2.05, 4.69) is 15.3 Å². The highest BCUT2D eigenvalue weighted by Gasteiger charge is 2.32. The first-order valence-electron chi connectivity index (χ1n) is 3.69. The van der Waals surface area contributed by atoms with E-state index in [-0.39, 0.29) is 0 Å². The fourth-order valence-corrected chi connectivity index (χ4v) is 0.912. The van der Waals surface area contributed by atoms with Crippen LogP contribution in [-0.4, -0.2) is 14.8 Å². The highest BCUT2D eigenvalue weighted by atomic mass is 16.3. The zero-order valence-electron chi connectivity index (χ0n) is 7.38. The third kappa shape index (κ3) is 1.69. The van der Waals surface area contributed by atoms with Crippen LogP contribution in [0.3, 0.4) is 0 Å². The molecule has 1 unspecified atom stereocenters. The lowest BCUT2D eigenvalue weighted by Crippen LogP contribution is -2.24. The van der Waals surface area contributed by atoms with Crippen LogP contribution in [0.2, 0.25) is 0 Å². The minimum atomic E-state index is -0.880. The van der Waals surface area contributed by atoms with Crippen LogP contribution < -0.4 is 0 Å². The van der Waals surface area contributed by atoms with Crippen molar-refractivity contribution in [3.8, 4) is 6.07 Å². The van der Waals surface area contributed by atoms with Crippen molar-refractivity contribution in [2.75, 3.05) is 0 Å². The van der Waals surface area contributed by atoms with Gasteiger partial charge in [0.1, 0.15) is 12.7 Å². The fraction of sp³-hybridized carbons (Fsp3) is 0.571. The summed E-state index contributed by atoms with van der Waals surface area (Å²) in [6.07, 6.45) is 1.83. The lowest BCUT2D eigenvalue weighted by molar-refractivity contribution is 0.278. The van der Waals surface area contributed by atoms with Crippen LogP contribution in [0.4, 0.5) is 0 Å². The molecule has 0 bridgehead atoms. The Bertz CT molecular complexity index is 323. The standard InChI is InChI=1S/C7H9N5O/c1-7(2,3-8)6(11-13)12-5-9-4-10-12/h4-6H,1-2H3. The van der Waals surface area contributed by atoms with Gasteiger partial charge in [0, 0.05) is 0 Å². The number of hydrogen-bond donors (Lipinski definition) is 0. The van der Waals surface area contributed by atoms with Crippen molar-refractivity contribution in [1.82, 2.24) is 14.8 Å². The van der Waals surface area contributed by atoms with Crippen molar-refractivity contribution >= 4 is 0 Å². The first-order valence-corrected chi connectivity index (χ1v) is 3.69. The predicted molar refractivity (Wildman–Crippen MR) is 44.2 cm³/mol. The summed E-state index contributed by atoms with van der Waals surface area (Å²) in [5.41, 5.74) is -0.880. The van der Waals surface area contributed by atoms with Gasteiger partial charge in [-0.3, -0.25) is 0 Å². The van der Waals surface area contributed by atoms with Gasteiger partial charge in [0.05, 0.1) is 11.5 Å². The summed E-state index contributed by atoms with van der Waals surface area (Å²) in [6.45, 7) is 3.25. The van der Waals surface area contributed by atoms with Gasteiger partial charge in [-0.25, -0.2) is 9.67 Å². The van der Waals surface area contributed by atoms with E-state index in [4.69, 9.17) is 5.26 Å². The maximum absolute atomic E-state index is 10.5. The lowest BCUT2D eigenvalue weighted by atomic mass is 9.92. The molecular formula is C7H9N5O. The summed E-state index contributed by atoms with van der Waals surface area (Å²) in [5, 5.41) is 15.4. The van der Waals surface area contributed by atoms with Crippen LogP contribution in [0.15, 0.2) is 17.8 Å².